The van der Waals surface area contributed by atoms with Gasteiger partial charge in [-0.3, -0.25) is 4.79 Å². The summed E-state index contributed by atoms with van der Waals surface area (Å²) in [4.78, 5) is 14.0. The second-order valence-electron chi connectivity index (χ2n) is 19.2. The first-order valence-corrected chi connectivity index (χ1v) is 23.9. The topological polar surface area (TPSA) is 178 Å². The SMILES string of the molecule is COc1ccc2cc1OCc1c(C(O)O)cc3c(c(O)cc4c3c1C=CC4C)C1(C#COC(CC3C=C(O)C=CC3CC(CO)CCc3cccc(NCC(C)O)c3)CC(=O)CC2)CCCC1. The number of aromatic hydroxyl groups is 1. The molecule has 4 aromatic rings. The molecule has 11 nitrogen and oxygen atoms in total. The monoisotopic (exact) mass is 911 g/mol. The number of hydrogen-bond acceptors (Lipinski definition) is 11. The third kappa shape index (κ3) is 10.8. The van der Waals surface area contributed by atoms with Crippen molar-refractivity contribution >= 4 is 28.3 Å². The Labute approximate surface area is 393 Å². The number of allylic oxidation sites excluding steroid dienone is 4. The number of hydrogen-bond donors (Lipinski definition) is 7. The van der Waals surface area contributed by atoms with E-state index in [0.29, 0.717) is 66.7 Å². The van der Waals surface area contributed by atoms with Crippen LogP contribution in [-0.2, 0) is 34.4 Å². The highest BCUT2D eigenvalue weighted by Gasteiger charge is 2.40. The van der Waals surface area contributed by atoms with E-state index in [2.05, 4.69) is 36.4 Å². The predicted molar refractivity (Wildman–Crippen MR) is 260 cm³/mol. The summed E-state index contributed by atoms with van der Waals surface area (Å²) in [6.45, 7) is 4.26. The number of phenols is 1. The summed E-state index contributed by atoms with van der Waals surface area (Å²) in [5, 5.41) is 70.1. The largest absolute Gasteiger partial charge is 0.508 e. The molecule has 67 heavy (non-hydrogen) atoms. The predicted octanol–water partition coefficient (Wildman–Crippen LogP) is 9.37. The second kappa shape index (κ2) is 21.0. The van der Waals surface area contributed by atoms with Crippen LogP contribution < -0.4 is 14.8 Å². The fourth-order valence-electron chi connectivity index (χ4n) is 10.8. The van der Waals surface area contributed by atoms with Crippen molar-refractivity contribution in [3.63, 3.8) is 0 Å². The van der Waals surface area contributed by atoms with Gasteiger partial charge in [0.2, 0.25) is 0 Å². The van der Waals surface area contributed by atoms with Gasteiger partial charge in [0.15, 0.2) is 17.8 Å². The zero-order valence-electron chi connectivity index (χ0n) is 38.8. The van der Waals surface area contributed by atoms with Gasteiger partial charge >= 0.3 is 0 Å². The minimum absolute atomic E-state index is 0.00333. The highest BCUT2D eigenvalue weighted by atomic mass is 16.5. The van der Waals surface area contributed by atoms with E-state index in [4.69, 9.17) is 14.2 Å². The molecule has 1 saturated carbocycles. The summed E-state index contributed by atoms with van der Waals surface area (Å²) >= 11 is 0. The number of rotatable bonds is 13. The molecule has 3 aliphatic carbocycles. The first-order valence-electron chi connectivity index (χ1n) is 23.9. The van der Waals surface area contributed by atoms with E-state index < -0.39 is 23.9 Å². The Hall–Kier alpha value is -5.77. The molecule has 6 bridgehead atoms. The van der Waals surface area contributed by atoms with E-state index in [1.807, 2.05) is 60.7 Å². The van der Waals surface area contributed by atoms with E-state index in [9.17, 15) is 35.4 Å². The molecule has 0 aromatic heterocycles. The van der Waals surface area contributed by atoms with Gasteiger partial charge in [0, 0.05) is 54.3 Å². The van der Waals surface area contributed by atoms with Crippen LogP contribution in [0.2, 0.25) is 0 Å². The van der Waals surface area contributed by atoms with Crippen molar-refractivity contribution in [2.45, 2.75) is 121 Å². The van der Waals surface area contributed by atoms with Crippen LogP contribution in [0.15, 0.2) is 84.7 Å². The number of fused-ring (bicyclic) bond motifs is 8. The number of aliphatic hydroxyl groups excluding tert-OH is 4. The van der Waals surface area contributed by atoms with Crippen LogP contribution in [0.3, 0.4) is 0 Å². The molecule has 7 N–H and O–H groups in total. The molecule has 1 fully saturated rings. The van der Waals surface area contributed by atoms with Crippen molar-refractivity contribution in [3.05, 3.63) is 124 Å². The van der Waals surface area contributed by atoms with Gasteiger partial charge in [-0.25, -0.2) is 0 Å². The molecule has 11 heteroatoms. The number of methoxy groups -OCH3 is 1. The number of anilines is 1. The van der Waals surface area contributed by atoms with E-state index in [-0.39, 0.29) is 72.6 Å². The number of carbonyl (C=O) groups excluding carboxylic acids is 1. The molecular formula is C56H65NO10. The molecule has 0 saturated heterocycles. The quantitative estimate of drug-likeness (QED) is 0.0502. The van der Waals surface area contributed by atoms with E-state index in [1.165, 1.54) is 0 Å². The summed E-state index contributed by atoms with van der Waals surface area (Å²) in [7, 11) is 1.56. The summed E-state index contributed by atoms with van der Waals surface area (Å²) in [5.74, 6) is 4.33. The molecule has 6 unspecified atom stereocenters. The summed E-state index contributed by atoms with van der Waals surface area (Å²) < 4.78 is 18.7. The van der Waals surface area contributed by atoms with E-state index in [1.54, 1.807) is 26.2 Å². The van der Waals surface area contributed by atoms with Gasteiger partial charge in [0.25, 0.3) is 0 Å². The van der Waals surface area contributed by atoms with Gasteiger partial charge in [-0.1, -0.05) is 56.2 Å². The lowest BCUT2D eigenvalue weighted by molar-refractivity contribution is -0.121. The zero-order chi connectivity index (χ0) is 47.2. The fraction of sp³-hybridized carbons (Fsp3) is 0.446. The molecule has 1 spiro atoms. The number of Topliss-reactive ketones (excluding diaryl/α,β-unsaturated/α-hetero) is 1. The van der Waals surface area contributed by atoms with Crippen LogP contribution in [0.4, 0.5) is 5.69 Å². The number of aliphatic hydroxyl groups is 5. The normalized spacial score (nSPS) is 22.0. The lowest BCUT2D eigenvalue weighted by atomic mass is 9.73. The molecular weight excluding hydrogens is 847 g/mol. The number of aryl methyl sites for hydroxylation is 2. The number of ether oxygens (including phenoxy) is 3. The highest BCUT2D eigenvalue weighted by molar-refractivity contribution is 6.01. The number of ketones is 1. The van der Waals surface area contributed by atoms with Crippen LogP contribution in [0.1, 0.15) is 123 Å². The Balaban J connectivity index is 1.14. The molecule has 5 aliphatic rings. The zero-order valence-corrected chi connectivity index (χ0v) is 38.8. The van der Waals surface area contributed by atoms with Crippen molar-refractivity contribution in [1.82, 2.24) is 0 Å². The molecule has 0 radical (unpaired) electrons. The minimum atomic E-state index is -1.84. The maximum atomic E-state index is 14.0. The van der Waals surface area contributed by atoms with Crippen molar-refractivity contribution in [1.29, 1.82) is 0 Å². The standard InChI is InChI=1S/C56H65NO10/c1-34-9-17-45-49-33-67-52-25-37(13-18-51(52)65-3)12-15-43(61)28-44(66-22-21-56(19-4-5-20-56)54-48(29-47(49)55(63)64)53(45)46(34)30-50(54)62)27-40-26-42(60)16-14-39(40)23-38(32-58)11-10-36-7-6-8-41(24-36)57-31-35(2)59/h6-9,13-14,16-18,24-26,29-30,34-35,38-40,44,55,57-60,62-64H,4-5,10-12,15,19-20,23,27-28,31-33H2,1-3H3. The molecule has 2 heterocycles. The van der Waals surface area contributed by atoms with Crippen molar-refractivity contribution in [2.75, 3.05) is 25.6 Å². The molecule has 4 aromatic carbocycles. The van der Waals surface area contributed by atoms with Gasteiger partial charge < -0.3 is 50.2 Å². The van der Waals surface area contributed by atoms with Crippen molar-refractivity contribution in [3.8, 4) is 29.3 Å². The van der Waals surface area contributed by atoms with Gasteiger partial charge in [-0.2, -0.15) is 0 Å². The third-order valence-corrected chi connectivity index (χ3v) is 14.4. The van der Waals surface area contributed by atoms with Crippen molar-refractivity contribution < 1.29 is 49.6 Å². The molecule has 0 amide bonds. The van der Waals surface area contributed by atoms with Crippen LogP contribution >= 0.6 is 0 Å². The van der Waals surface area contributed by atoms with E-state index >= 15 is 0 Å². The van der Waals surface area contributed by atoms with Gasteiger partial charge in [0.05, 0.1) is 18.6 Å². The maximum absolute atomic E-state index is 14.0. The first kappa shape index (κ1) is 47.7. The van der Waals surface area contributed by atoms with Gasteiger partial charge in [-0.05, 0) is 157 Å². The Bertz CT molecular complexity index is 2590. The molecule has 9 rings (SSSR count). The summed E-state index contributed by atoms with van der Waals surface area (Å²) in [6, 6.07) is 17.3. The van der Waals surface area contributed by atoms with Crippen LogP contribution in [0, 0.1) is 29.8 Å². The average Bonchev–Trinajstić information content (AvgIpc) is 3.79. The van der Waals surface area contributed by atoms with Crippen LogP contribution in [0.25, 0.3) is 16.8 Å². The average molecular weight is 912 g/mol. The highest BCUT2D eigenvalue weighted by Crippen LogP contribution is 2.52. The number of nitrogens with one attached hydrogen (secondary N) is 1. The summed E-state index contributed by atoms with van der Waals surface area (Å²) in [6.07, 6.45) is 16.0. The Kier molecular flexibility index (Phi) is 15.0. The van der Waals surface area contributed by atoms with Crippen molar-refractivity contribution in [2.24, 2.45) is 17.8 Å². The van der Waals surface area contributed by atoms with Crippen LogP contribution in [-0.4, -0.2) is 68.9 Å². The Morgan fingerprint density at radius 3 is 2.57 bits per heavy atom. The second-order valence-corrected chi connectivity index (χ2v) is 19.2. The van der Waals surface area contributed by atoms with E-state index in [0.717, 1.165) is 59.0 Å². The number of phenolic OH excluding ortho intramolecular Hbond substituents is 1. The summed E-state index contributed by atoms with van der Waals surface area (Å²) in [5.41, 5.74) is 5.30. The Morgan fingerprint density at radius 2 is 1.81 bits per heavy atom. The first-order chi connectivity index (χ1) is 32.3. The lowest BCUT2D eigenvalue weighted by Crippen LogP contribution is -2.27. The van der Waals surface area contributed by atoms with Crippen LogP contribution in [0.5, 0.6) is 17.2 Å². The molecule has 6 atom stereocenters. The number of carbonyl (C=O) groups is 1. The molecule has 2 aliphatic heterocycles. The third-order valence-electron chi connectivity index (χ3n) is 14.4. The smallest absolute Gasteiger partial charge is 0.178 e. The number of benzene rings is 4. The molecule has 354 valence electrons. The lowest BCUT2D eigenvalue weighted by Gasteiger charge is -2.31. The van der Waals surface area contributed by atoms with Gasteiger partial charge in [0.1, 0.15) is 36.1 Å². The Morgan fingerprint density at radius 1 is 0.985 bits per heavy atom. The fourth-order valence-corrected chi connectivity index (χ4v) is 10.8. The minimum Gasteiger partial charge on any atom is -0.508 e. The van der Waals surface area contributed by atoms with Gasteiger partial charge in [-0.15, -0.1) is 0 Å². The maximum Gasteiger partial charge on any atom is 0.178 e.